The summed E-state index contributed by atoms with van der Waals surface area (Å²) in [4.78, 5) is 12.6. The summed E-state index contributed by atoms with van der Waals surface area (Å²) in [7, 11) is 0. The van der Waals surface area contributed by atoms with Crippen molar-refractivity contribution in [2.75, 3.05) is 42.9 Å². The van der Waals surface area contributed by atoms with Gasteiger partial charge in [-0.1, -0.05) is 0 Å². The number of nitrogens with zero attached hydrogens (tertiary/aromatic N) is 4. The van der Waals surface area contributed by atoms with Gasteiger partial charge in [-0.05, 0) is 27.7 Å². The molecular formula is C14H24FN5. The van der Waals surface area contributed by atoms with Crippen molar-refractivity contribution in [1.82, 2.24) is 14.9 Å². The zero-order valence-corrected chi connectivity index (χ0v) is 12.8. The number of nitrogens with one attached hydrogen (secondary N) is 1. The number of rotatable bonds is 3. The smallest absolute Gasteiger partial charge is 0.224 e. The van der Waals surface area contributed by atoms with Crippen LogP contribution in [0.5, 0.6) is 0 Å². The van der Waals surface area contributed by atoms with Crippen LogP contribution in [0.2, 0.25) is 0 Å². The third-order valence-corrected chi connectivity index (χ3v) is 3.59. The molecule has 112 valence electrons. The highest BCUT2D eigenvalue weighted by molar-refractivity contribution is 5.44. The van der Waals surface area contributed by atoms with E-state index in [9.17, 15) is 4.39 Å². The number of halogens is 1. The van der Waals surface area contributed by atoms with Gasteiger partial charge in [0.15, 0.2) is 11.6 Å². The number of hydrogen-bond acceptors (Lipinski definition) is 5. The zero-order valence-electron chi connectivity index (χ0n) is 12.8. The molecule has 1 aromatic rings. The zero-order chi connectivity index (χ0) is 14.8. The van der Waals surface area contributed by atoms with Crippen molar-refractivity contribution in [2.45, 2.75) is 33.2 Å². The second-order valence-electron chi connectivity index (χ2n) is 6.04. The van der Waals surface area contributed by atoms with Gasteiger partial charge < -0.3 is 10.2 Å². The third-order valence-electron chi connectivity index (χ3n) is 3.59. The molecule has 2 rings (SSSR count). The maximum Gasteiger partial charge on any atom is 0.224 e. The summed E-state index contributed by atoms with van der Waals surface area (Å²) in [5.41, 5.74) is 0.158. The first-order chi connectivity index (χ1) is 9.41. The molecule has 1 N–H and O–H groups in total. The van der Waals surface area contributed by atoms with Crippen LogP contribution in [0, 0.1) is 5.82 Å². The van der Waals surface area contributed by atoms with E-state index in [0.29, 0.717) is 11.8 Å². The minimum Gasteiger partial charge on any atom is -0.354 e. The van der Waals surface area contributed by atoms with Crippen LogP contribution < -0.4 is 10.2 Å². The quantitative estimate of drug-likeness (QED) is 0.917. The third kappa shape index (κ3) is 3.36. The number of piperazine rings is 1. The molecule has 0 bridgehead atoms. The Morgan fingerprint density at radius 1 is 1.25 bits per heavy atom. The predicted octanol–water partition coefficient (Wildman–Crippen LogP) is 1.97. The van der Waals surface area contributed by atoms with Crippen molar-refractivity contribution < 1.29 is 4.39 Å². The van der Waals surface area contributed by atoms with Gasteiger partial charge in [0.25, 0.3) is 0 Å². The van der Waals surface area contributed by atoms with Crippen molar-refractivity contribution in [3.05, 3.63) is 12.0 Å². The highest BCUT2D eigenvalue weighted by Gasteiger charge is 2.27. The van der Waals surface area contributed by atoms with E-state index in [-0.39, 0.29) is 11.4 Å². The van der Waals surface area contributed by atoms with Gasteiger partial charge in [-0.25, -0.2) is 9.37 Å². The van der Waals surface area contributed by atoms with Crippen LogP contribution in [0.3, 0.4) is 0 Å². The first-order valence-corrected chi connectivity index (χ1v) is 7.18. The Labute approximate surface area is 120 Å². The van der Waals surface area contributed by atoms with Gasteiger partial charge in [-0.2, -0.15) is 4.98 Å². The molecule has 20 heavy (non-hydrogen) atoms. The molecule has 1 aliphatic rings. The summed E-state index contributed by atoms with van der Waals surface area (Å²) in [6.45, 7) is 12.7. The fourth-order valence-electron chi connectivity index (χ4n) is 2.41. The second kappa shape index (κ2) is 5.91. The highest BCUT2D eigenvalue weighted by atomic mass is 19.1. The van der Waals surface area contributed by atoms with Crippen molar-refractivity contribution in [3.8, 4) is 0 Å². The van der Waals surface area contributed by atoms with Crippen molar-refractivity contribution >= 4 is 11.8 Å². The first kappa shape index (κ1) is 15.0. The van der Waals surface area contributed by atoms with Gasteiger partial charge in [-0.15, -0.1) is 0 Å². The van der Waals surface area contributed by atoms with E-state index in [1.807, 2.05) is 11.8 Å². The molecule has 1 fully saturated rings. The maximum absolute atomic E-state index is 13.9. The van der Waals surface area contributed by atoms with Crippen molar-refractivity contribution in [3.63, 3.8) is 0 Å². The molecule has 0 atom stereocenters. The molecular weight excluding hydrogens is 257 g/mol. The monoisotopic (exact) mass is 281 g/mol. The average Bonchev–Trinajstić information content (AvgIpc) is 2.40. The lowest BCUT2D eigenvalue weighted by molar-refractivity contribution is 0.128. The molecule has 1 saturated heterocycles. The van der Waals surface area contributed by atoms with Crippen LogP contribution in [0.25, 0.3) is 0 Å². The molecule has 0 spiro atoms. The second-order valence-corrected chi connectivity index (χ2v) is 6.04. The maximum atomic E-state index is 13.9. The first-order valence-electron chi connectivity index (χ1n) is 7.18. The van der Waals surface area contributed by atoms with Crippen LogP contribution in [-0.4, -0.2) is 53.1 Å². The Morgan fingerprint density at radius 2 is 1.90 bits per heavy atom. The standard InChI is InChI=1S/C14H24FN5/c1-5-16-13-17-10-11(15)12(18-13)19-6-8-20(9-7-19)14(2,3)4/h10H,5-9H2,1-4H3,(H,16,17,18). The van der Waals surface area contributed by atoms with Crippen LogP contribution in [0.15, 0.2) is 6.20 Å². The molecule has 0 saturated carbocycles. The van der Waals surface area contributed by atoms with Gasteiger partial charge in [0.05, 0.1) is 6.20 Å². The molecule has 2 heterocycles. The van der Waals surface area contributed by atoms with Crippen LogP contribution >= 0.6 is 0 Å². The molecule has 6 heteroatoms. The summed E-state index contributed by atoms with van der Waals surface area (Å²) < 4.78 is 13.9. The Bertz CT molecular complexity index is 449. The van der Waals surface area contributed by atoms with E-state index >= 15 is 0 Å². The van der Waals surface area contributed by atoms with E-state index < -0.39 is 0 Å². The van der Waals surface area contributed by atoms with E-state index in [4.69, 9.17) is 0 Å². The topological polar surface area (TPSA) is 44.3 Å². The molecule has 1 aliphatic heterocycles. The van der Waals surface area contributed by atoms with Crippen molar-refractivity contribution in [1.29, 1.82) is 0 Å². The Balaban J connectivity index is 2.08. The summed E-state index contributed by atoms with van der Waals surface area (Å²) in [6, 6.07) is 0. The largest absolute Gasteiger partial charge is 0.354 e. The lowest BCUT2D eigenvalue weighted by Gasteiger charge is -2.42. The molecule has 0 unspecified atom stereocenters. The van der Waals surface area contributed by atoms with Gasteiger partial charge in [0, 0.05) is 38.3 Å². The average molecular weight is 281 g/mol. The lowest BCUT2D eigenvalue weighted by atomic mass is 10.1. The fourth-order valence-corrected chi connectivity index (χ4v) is 2.41. The SMILES string of the molecule is CCNc1ncc(F)c(N2CCN(C(C)(C)C)CC2)n1. The van der Waals surface area contributed by atoms with E-state index in [2.05, 4.69) is 41.0 Å². The van der Waals surface area contributed by atoms with Crippen LogP contribution in [0.4, 0.5) is 16.2 Å². The van der Waals surface area contributed by atoms with Crippen molar-refractivity contribution in [2.24, 2.45) is 0 Å². The number of hydrogen-bond donors (Lipinski definition) is 1. The van der Waals surface area contributed by atoms with E-state index in [1.54, 1.807) is 0 Å². The number of aromatic nitrogens is 2. The Hall–Kier alpha value is -1.43. The van der Waals surface area contributed by atoms with E-state index in [1.165, 1.54) is 6.20 Å². The predicted molar refractivity (Wildman–Crippen MR) is 79.7 cm³/mol. The summed E-state index contributed by atoms with van der Waals surface area (Å²) >= 11 is 0. The Morgan fingerprint density at radius 3 is 2.45 bits per heavy atom. The number of anilines is 2. The minimum atomic E-state index is -0.351. The fraction of sp³-hybridized carbons (Fsp3) is 0.714. The molecule has 0 amide bonds. The molecule has 0 radical (unpaired) electrons. The molecule has 0 aromatic carbocycles. The van der Waals surface area contributed by atoms with Gasteiger partial charge in [0.2, 0.25) is 5.95 Å². The minimum absolute atomic E-state index is 0.158. The lowest BCUT2D eigenvalue weighted by Crippen LogP contribution is -2.53. The summed E-state index contributed by atoms with van der Waals surface area (Å²) in [6.07, 6.45) is 1.25. The molecule has 5 nitrogen and oxygen atoms in total. The Kier molecular flexibility index (Phi) is 4.42. The van der Waals surface area contributed by atoms with Gasteiger partial charge in [-0.3, -0.25) is 4.90 Å². The van der Waals surface area contributed by atoms with E-state index in [0.717, 1.165) is 32.7 Å². The van der Waals surface area contributed by atoms with Gasteiger partial charge >= 0.3 is 0 Å². The summed E-state index contributed by atoms with van der Waals surface area (Å²) in [5.74, 6) is 0.544. The molecule has 1 aromatic heterocycles. The highest BCUT2D eigenvalue weighted by Crippen LogP contribution is 2.22. The van der Waals surface area contributed by atoms with Crippen LogP contribution in [-0.2, 0) is 0 Å². The molecule has 0 aliphatic carbocycles. The normalized spacial score (nSPS) is 17.4. The van der Waals surface area contributed by atoms with Crippen LogP contribution in [0.1, 0.15) is 27.7 Å². The van der Waals surface area contributed by atoms with Gasteiger partial charge in [0.1, 0.15) is 0 Å². The summed E-state index contributed by atoms with van der Waals surface area (Å²) in [5, 5.41) is 3.02.